The molecule has 4 rings (SSSR count). The van der Waals surface area contributed by atoms with Crippen molar-refractivity contribution in [1.29, 1.82) is 0 Å². The van der Waals surface area contributed by atoms with Gasteiger partial charge in [-0.25, -0.2) is 4.98 Å². The van der Waals surface area contributed by atoms with E-state index in [4.69, 9.17) is 9.72 Å². The molecule has 8 heteroatoms. The van der Waals surface area contributed by atoms with E-state index >= 15 is 0 Å². The highest BCUT2D eigenvalue weighted by atomic mass is 32.2. The molecule has 31 heavy (non-hydrogen) atoms. The summed E-state index contributed by atoms with van der Waals surface area (Å²) in [5.41, 5.74) is 2.08. The van der Waals surface area contributed by atoms with Crippen LogP contribution in [0, 0.1) is 0 Å². The zero-order valence-corrected chi connectivity index (χ0v) is 19.5. The summed E-state index contributed by atoms with van der Waals surface area (Å²) in [7, 11) is 3.51. The van der Waals surface area contributed by atoms with Crippen LogP contribution in [-0.2, 0) is 18.4 Å². The first-order chi connectivity index (χ1) is 15.0. The van der Waals surface area contributed by atoms with Crippen molar-refractivity contribution < 1.29 is 9.53 Å². The molecular formula is C23H30N4O3S. The number of nitrogens with zero attached hydrogens (tertiary/aromatic N) is 4. The van der Waals surface area contributed by atoms with Crippen LogP contribution in [0.4, 0.5) is 0 Å². The fraction of sp³-hybridized carbons (Fsp3) is 0.522. The lowest BCUT2D eigenvalue weighted by atomic mass is 10.0. The van der Waals surface area contributed by atoms with Gasteiger partial charge >= 0.3 is 0 Å². The number of methoxy groups -OCH3 is 1. The van der Waals surface area contributed by atoms with Crippen LogP contribution in [0.5, 0.6) is 5.75 Å². The van der Waals surface area contributed by atoms with Gasteiger partial charge in [0.05, 0.1) is 18.4 Å². The number of carbonyl (C=O) groups excluding carboxylic acids is 1. The number of ether oxygens (including phenoxy) is 1. The number of hydrogen-bond donors (Lipinski definition) is 0. The summed E-state index contributed by atoms with van der Waals surface area (Å²) in [6.45, 7) is 5.41. The van der Waals surface area contributed by atoms with Crippen LogP contribution in [0.25, 0.3) is 21.9 Å². The maximum atomic E-state index is 13.3. The molecule has 1 aromatic carbocycles. The molecule has 0 spiro atoms. The smallest absolute Gasteiger partial charge is 0.278 e. The number of likely N-dealkylation sites (tertiary alicyclic amines) is 1. The predicted molar refractivity (Wildman–Crippen MR) is 125 cm³/mol. The molecule has 0 radical (unpaired) electrons. The summed E-state index contributed by atoms with van der Waals surface area (Å²) < 4.78 is 8.94. The van der Waals surface area contributed by atoms with Crippen molar-refractivity contribution in [3.05, 3.63) is 28.6 Å². The normalized spacial score (nSPS) is 16.9. The van der Waals surface area contributed by atoms with E-state index in [0.29, 0.717) is 34.5 Å². The second-order valence-corrected chi connectivity index (χ2v) is 8.96. The van der Waals surface area contributed by atoms with Gasteiger partial charge in [-0.05, 0) is 50.8 Å². The Morgan fingerprint density at radius 3 is 2.81 bits per heavy atom. The summed E-state index contributed by atoms with van der Waals surface area (Å²) in [5.74, 6) is 1.15. The Morgan fingerprint density at radius 1 is 1.29 bits per heavy atom. The van der Waals surface area contributed by atoms with Gasteiger partial charge < -0.3 is 14.2 Å². The van der Waals surface area contributed by atoms with E-state index in [1.165, 1.54) is 18.2 Å². The minimum absolute atomic E-state index is 0.0791. The molecule has 0 saturated carbocycles. The van der Waals surface area contributed by atoms with E-state index in [1.807, 2.05) is 41.6 Å². The van der Waals surface area contributed by atoms with E-state index in [-0.39, 0.29) is 11.5 Å². The van der Waals surface area contributed by atoms with Crippen LogP contribution in [0.15, 0.2) is 28.2 Å². The van der Waals surface area contributed by atoms with E-state index in [1.54, 1.807) is 11.7 Å². The second-order valence-electron chi connectivity index (χ2n) is 8.02. The average Bonchev–Trinajstić information content (AvgIpc) is 3.08. The molecule has 1 aliphatic rings. The minimum Gasteiger partial charge on any atom is -0.497 e. The lowest BCUT2D eigenvalue weighted by Gasteiger charge is -2.35. The van der Waals surface area contributed by atoms with Gasteiger partial charge in [0.15, 0.2) is 5.16 Å². The van der Waals surface area contributed by atoms with E-state index < -0.39 is 0 Å². The molecular weight excluding hydrogens is 412 g/mol. The summed E-state index contributed by atoms with van der Waals surface area (Å²) >= 11 is 1.36. The first kappa shape index (κ1) is 21.7. The fourth-order valence-corrected chi connectivity index (χ4v) is 5.55. The molecule has 0 aliphatic carbocycles. The number of fused-ring (bicyclic) bond motifs is 3. The minimum atomic E-state index is -0.0791. The Balaban J connectivity index is 1.72. The van der Waals surface area contributed by atoms with Crippen molar-refractivity contribution in [3.63, 3.8) is 0 Å². The van der Waals surface area contributed by atoms with Crippen molar-refractivity contribution >= 4 is 39.6 Å². The molecule has 1 atom stereocenters. The van der Waals surface area contributed by atoms with Crippen LogP contribution < -0.4 is 10.3 Å². The summed E-state index contributed by atoms with van der Waals surface area (Å²) in [6, 6.07) is 6.08. The van der Waals surface area contributed by atoms with Gasteiger partial charge in [0.2, 0.25) is 5.91 Å². The third-order valence-corrected chi connectivity index (χ3v) is 7.29. The molecule has 1 unspecified atom stereocenters. The van der Waals surface area contributed by atoms with Crippen molar-refractivity contribution in [2.75, 3.05) is 19.4 Å². The lowest BCUT2D eigenvalue weighted by molar-refractivity contribution is -0.132. The van der Waals surface area contributed by atoms with Crippen LogP contribution in [0.1, 0.15) is 39.5 Å². The van der Waals surface area contributed by atoms with Gasteiger partial charge in [-0.2, -0.15) is 0 Å². The van der Waals surface area contributed by atoms with E-state index in [0.717, 1.165) is 42.5 Å². The van der Waals surface area contributed by atoms with Crippen LogP contribution in [0.2, 0.25) is 0 Å². The Labute approximate surface area is 186 Å². The van der Waals surface area contributed by atoms with Gasteiger partial charge in [0.25, 0.3) is 5.56 Å². The van der Waals surface area contributed by atoms with Crippen LogP contribution in [-0.4, -0.2) is 50.4 Å². The van der Waals surface area contributed by atoms with E-state index in [2.05, 4.69) is 6.92 Å². The van der Waals surface area contributed by atoms with Gasteiger partial charge in [-0.1, -0.05) is 18.7 Å². The Morgan fingerprint density at radius 2 is 2.10 bits per heavy atom. The molecule has 166 valence electrons. The van der Waals surface area contributed by atoms with Gasteiger partial charge in [0, 0.05) is 31.6 Å². The Kier molecular flexibility index (Phi) is 6.27. The molecule has 2 aromatic heterocycles. The Hall–Kier alpha value is -2.48. The molecule has 0 bridgehead atoms. The number of piperidine rings is 1. The molecule has 3 aromatic rings. The first-order valence-electron chi connectivity index (χ1n) is 11.0. The van der Waals surface area contributed by atoms with Crippen LogP contribution >= 0.6 is 11.8 Å². The van der Waals surface area contributed by atoms with Gasteiger partial charge in [-0.3, -0.25) is 14.2 Å². The summed E-state index contributed by atoms with van der Waals surface area (Å²) in [5, 5.41) is 1.47. The molecule has 3 heterocycles. The number of amides is 1. The van der Waals surface area contributed by atoms with Crippen molar-refractivity contribution in [3.8, 4) is 5.75 Å². The van der Waals surface area contributed by atoms with Crippen LogP contribution in [0.3, 0.4) is 0 Å². The van der Waals surface area contributed by atoms with Gasteiger partial charge in [0.1, 0.15) is 16.8 Å². The molecule has 1 fully saturated rings. The maximum absolute atomic E-state index is 13.3. The Bertz CT molecular complexity index is 1180. The maximum Gasteiger partial charge on any atom is 0.278 e. The number of rotatable bonds is 6. The number of hydrogen-bond acceptors (Lipinski definition) is 5. The molecule has 1 aliphatic heterocycles. The third-order valence-electron chi connectivity index (χ3n) is 6.33. The van der Waals surface area contributed by atoms with Crippen molar-refractivity contribution in [2.24, 2.45) is 7.05 Å². The number of aromatic nitrogens is 3. The molecule has 1 saturated heterocycles. The highest BCUT2D eigenvalue weighted by molar-refractivity contribution is 7.99. The largest absolute Gasteiger partial charge is 0.497 e. The molecule has 7 nitrogen and oxygen atoms in total. The fourth-order valence-electron chi connectivity index (χ4n) is 4.61. The third kappa shape index (κ3) is 3.82. The SMILES string of the molecule is CCC1CCCCN1C(=O)CSc1nc2c3cc(OC)ccc3n(C)c2c(=O)n1CC. The first-order valence-corrected chi connectivity index (χ1v) is 12.0. The number of thioether (sulfide) groups is 1. The molecule has 0 N–H and O–H groups in total. The second kappa shape index (κ2) is 8.94. The monoisotopic (exact) mass is 442 g/mol. The van der Waals surface area contributed by atoms with Gasteiger partial charge in [-0.15, -0.1) is 0 Å². The number of carbonyl (C=O) groups is 1. The topological polar surface area (TPSA) is 69.4 Å². The van der Waals surface area contributed by atoms with Crippen molar-refractivity contribution in [2.45, 2.75) is 57.3 Å². The highest BCUT2D eigenvalue weighted by Gasteiger charge is 2.26. The van der Waals surface area contributed by atoms with Crippen molar-refractivity contribution in [1.82, 2.24) is 19.0 Å². The number of aryl methyl sites for hydroxylation is 1. The number of benzene rings is 1. The lowest BCUT2D eigenvalue weighted by Crippen LogP contribution is -2.44. The predicted octanol–water partition coefficient (Wildman–Crippen LogP) is 3.80. The summed E-state index contributed by atoms with van der Waals surface area (Å²) in [4.78, 5) is 33.2. The standard InChI is InChI=1S/C23H30N4O3S/c1-5-15-9-7-8-12-27(15)19(28)14-31-23-24-20-17-13-16(30-4)10-11-18(17)25(3)21(20)22(29)26(23)6-2/h10-11,13,15H,5-9,12,14H2,1-4H3. The zero-order chi connectivity index (χ0) is 22.1. The zero-order valence-electron chi connectivity index (χ0n) is 18.7. The average molecular weight is 443 g/mol. The highest BCUT2D eigenvalue weighted by Crippen LogP contribution is 2.30. The summed E-state index contributed by atoms with van der Waals surface area (Å²) in [6.07, 6.45) is 4.31. The molecule has 1 amide bonds. The van der Waals surface area contributed by atoms with E-state index in [9.17, 15) is 9.59 Å². The quantitative estimate of drug-likeness (QED) is 0.429.